The highest BCUT2D eigenvalue weighted by Crippen LogP contribution is 2.31. The Morgan fingerprint density at radius 1 is 1.13 bits per heavy atom. The van der Waals surface area contributed by atoms with E-state index in [4.69, 9.17) is 11.6 Å². The molecule has 0 aliphatic rings. The van der Waals surface area contributed by atoms with Crippen molar-refractivity contribution in [2.24, 2.45) is 0 Å². The van der Waals surface area contributed by atoms with E-state index in [0.717, 1.165) is 25.9 Å². The second-order valence-electron chi connectivity index (χ2n) is 7.07. The summed E-state index contributed by atoms with van der Waals surface area (Å²) < 4.78 is 27.6. The summed E-state index contributed by atoms with van der Waals surface area (Å²) >= 11 is 7.30. The van der Waals surface area contributed by atoms with Gasteiger partial charge in [-0.15, -0.1) is 11.3 Å². The van der Waals surface area contributed by atoms with Crippen LogP contribution in [0.1, 0.15) is 15.4 Å². The third kappa shape index (κ3) is 4.09. The smallest absolute Gasteiger partial charge is 0.265 e. The highest BCUT2D eigenvalue weighted by atomic mass is 35.5. The average Bonchev–Trinajstić information content (AvgIpc) is 3.30. The zero-order valence-corrected chi connectivity index (χ0v) is 19.3. The topological polar surface area (TPSA) is 84.3 Å². The third-order valence-electron chi connectivity index (χ3n) is 4.71. The second-order valence-corrected chi connectivity index (χ2v) is 10.7. The number of halogens is 1. The maximum absolute atomic E-state index is 12.9. The van der Waals surface area contributed by atoms with Gasteiger partial charge in [0.2, 0.25) is 10.0 Å². The number of carbonyl (C=O) groups excluding carboxylic acids is 1. The standard InChI is InChI=1S/C21H19ClN4O3S2/c1-13-18-12-19(30-21(18)26(24-13)16-9-7-14(22)8-10-16)20(27)23-15-5-4-6-17(11-15)31(28,29)25(2)3/h4-12H,1-3H3,(H,23,27). The minimum atomic E-state index is -3.59. The number of benzene rings is 2. The molecule has 0 fully saturated rings. The van der Waals surface area contributed by atoms with Gasteiger partial charge in [-0.1, -0.05) is 17.7 Å². The summed E-state index contributed by atoms with van der Waals surface area (Å²) in [6, 6.07) is 15.3. The fourth-order valence-electron chi connectivity index (χ4n) is 3.05. The number of sulfonamides is 1. The Bertz CT molecular complexity index is 1390. The van der Waals surface area contributed by atoms with E-state index < -0.39 is 10.0 Å². The molecule has 0 unspecified atom stereocenters. The lowest BCUT2D eigenvalue weighted by Crippen LogP contribution is -2.22. The Morgan fingerprint density at radius 3 is 2.52 bits per heavy atom. The van der Waals surface area contributed by atoms with Crippen molar-refractivity contribution < 1.29 is 13.2 Å². The van der Waals surface area contributed by atoms with Gasteiger partial charge >= 0.3 is 0 Å². The van der Waals surface area contributed by atoms with Crippen LogP contribution in [0.4, 0.5) is 5.69 Å². The van der Waals surface area contributed by atoms with Gasteiger partial charge in [0.15, 0.2) is 0 Å². The van der Waals surface area contributed by atoms with Crippen molar-refractivity contribution in [2.75, 3.05) is 19.4 Å². The van der Waals surface area contributed by atoms with Crippen LogP contribution in [-0.2, 0) is 10.0 Å². The molecule has 1 amide bonds. The Labute approximate surface area is 188 Å². The van der Waals surface area contributed by atoms with Crippen LogP contribution in [0.25, 0.3) is 15.9 Å². The van der Waals surface area contributed by atoms with Crippen LogP contribution in [0.2, 0.25) is 5.02 Å². The summed E-state index contributed by atoms with van der Waals surface area (Å²) in [5.74, 6) is -0.317. The van der Waals surface area contributed by atoms with E-state index in [-0.39, 0.29) is 10.8 Å². The number of thiophene rings is 1. The predicted molar refractivity (Wildman–Crippen MR) is 124 cm³/mol. The molecule has 10 heteroatoms. The van der Waals surface area contributed by atoms with Gasteiger partial charge in [0.1, 0.15) is 4.83 Å². The lowest BCUT2D eigenvalue weighted by molar-refractivity contribution is 0.103. The number of nitrogens with one attached hydrogen (secondary N) is 1. The summed E-state index contributed by atoms with van der Waals surface area (Å²) in [6.07, 6.45) is 0. The van der Waals surface area contributed by atoms with Crippen LogP contribution in [0.15, 0.2) is 59.5 Å². The maximum Gasteiger partial charge on any atom is 0.265 e. The second kappa shape index (κ2) is 8.08. The van der Waals surface area contributed by atoms with Crippen LogP contribution < -0.4 is 5.32 Å². The molecule has 1 N–H and O–H groups in total. The van der Waals surface area contributed by atoms with E-state index in [1.807, 2.05) is 19.1 Å². The monoisotopic (exact) mass is 474 g/mol. The number of hydrogen-bond donors (Lipinski definition) is 1. The van der Waals surface area contributed by atoms with E-state index in [2.05, 4.69) is 10.4 Å². The number of anilines is 1. The first-order valence-electron chi connectivity index (χ1n) is 9.26. The molecule has 0 radical (unpaired) electrons. The van der Waals surface area contributed by atoms with Crippen molar-refractivity contribution in [2.45, 2.75) is 11.8 Å². The van der Waals surface area contributed by atoms with Crippen molar-refractivity contribution in [3.8, 4) is 5.69 Å². The molecule has 0 aliphatic heterocycles. The predicted octanol–water partition coefficient (Wildman–Crippen LogP) is 4.55. The van der Waals surface area contributed by atoms with Gasteiger partial charge in [-0.2, -0.15) is 5.10 Å². The number of fused-ring (bicyclic) bond motifs is 1. The van der Waals surface area contributed by atoms with Crippen LogP contribution in [0.5, 0.6) is 0 Å². The first kappa shape index (κ1) is 21.5. The molecule has 0 atom stereocenters. The van der Waals surface area contributed by atoms with Gasteiger partial charge in [-0.25, -0.2) is 17.4 Å². The fourth-order valence-corrected chi connectivity index (χ4v) is 5.21. The van der Waals surface area contributed by atoms with Crippen LogP contribution >= 0.6 is 22.9 Å². The van der Waals surface area contributed by atoms with Crippen molar-refractivity contribution in [1.82, 2.24) is 14.1 Å². The van der Waals surface area contributed by atoms with Crippen molar-refractivity contribution in [3.05, 3.63) is 70.2 Å². The molecule has 4 aromatic rings. The maximum atomic E-state index is 12.9. The van der Waals surface area contributed by atoms with Gasteiger partial charge in [-0.05, 0) is 55.5 Å². The molecule has 0 aliphatic carbocycles. The molecule has 160 valence electrons. The molecule has 2 heterocycles. The number of rotatable bonds is 5. The SMILES string of the molecule is Cc1nn(-c2ccc(Cl)cc2)c2sc(C(=O)Nc3cccc(S(=O)(=O)N(C)C)c3)cc12. The summed E-state index contributed by atoms with van der Waals surface area (Å²) in [4.78, 5) is 14.3. The molecule has 7 nitrogen and oxygen atoms in total. The molecule has 0 bridgehead atoms. The normalized spacial score (nSPS) is 11.9. The molecular formula is C21H19ClN4O3S2. The highest BCUT2D eigenvalue weighted by Gasteiger charge is 2.20. The third-order valence-corrected chi connectivity index (χ3v) is 7.88. The van der Waals surface area contributed by atoms with Crippen molar-refractivity contribution in [1.29, 1.82) is 0 Å². The molecule has 0 spiro atoms. The zero-order valence-electron chi connectivity index (χ0n) is 17.0. The summed E-state index contributed by atoms with van der Waals surface area (Å²) in [6.45, 7) is 1.89. The van der Waals surface area contributed by atoms with Crippen molar-refractivity contribution in [3.63, 3.8) is 0 Å². The van der Waals surface area contributed by atoms with Gasteiger partial charge < -0.3 is 5.32 Å². The first-order valence-corrected chi connectivity index (χ1v) is 11.9. The molecular weight excluding hydrogens is 456 g/mol. The first-order chi connectivity index (χ1) is 14.7. The van der Waals surface area contributed by atoms with Gasteiger partial charge in [-0.3, -0.25) is 4.79 Å². The van der Waals surface area contributed by atoms with E-state index in [1.54, 1.807) is 35.0 Å². The van der Waals surface area contributed by atoms with E-state index in [1.165, 1.54) is 37.6 Å². The number of nitrogens with zero attached hydrogens (tertiary/aromatic N) is 3. The van der Waals surface area contributed by atoms with Crippen LogP contribution in [0, 0.1) is 6.92 Å². The molecule has 2 aromatic carbocycles. The zero-order chi connectivity index (χ0) is 22.3. The molecule has 0 saturated heterocycles. The Hall–Kier alpha value is -2.72. The minimum Gasteiger partial charge on any atom is -0.321 e. The Kier molecular flexibility index (Phi) is 5.61. The summed E-state index contributed by atoms with van der Waals surface area (Å²) in [5, 5.41) is 8.87. The minimum absolute atomic E-state index is 0.112. The number of aryl methyl sites for hydroxylation is 1. The largest absolute Gasteiger partial charge is 0.321 e. The quantitative estimate of drug-likeness (QED) is 0.459. The number of carbonyl (C=O) groups is 1. The van der Waals surface area contributed by atoms with Gasteiger partial charge in [0.05, 0.1) is 21.2 Å². The Morgan fingerprint density at radius 2 is 1.84 bits per heavy atom. The number of amides is 1. The highest BCUT2D eigenvalue weighted by molar-refractivity contribution is 7.89. The average molecular weight is 475 g/mol. The van der Waals surface area contributed by atoms with Crippen LogP contribution in [-0.4, -0.2) is 42.5 Å². The molecule has 2 aromatic heterocycles. The molecule has 0 saturated carbocycles. The fraction of sp³-hybridized carbons (Fsp3) is 0.143. The lowest BCUT2D eigenvalue weighted by atomic mass is 10.3. The van der Waals surface area contributed by atoms with Gasteiger partial charge in [0, 0.05) is 30.2 Å². The van der Waals surface area contributed by atoms with E-state index >= 15 is 0 Å². The number of hydrogen-bond acceptors (Lipinski definition) is 5. The van der Waals surface area contributed by atoms with Crippen LogP contribution in [0.3, 0.4) is 0 Å². The van der Waals surface area contributed by atoms with Gasteiger partial charge in [0.25, 0.3) is 5.91 Å². The molecule has 31 heavy (non-hydrogen) atoms. The summed E-state index contributed by atoms with van der Waals surface area (Å²) in [5.41, 5.74) is 2.05. The Balaban J connectivity index is 1.65. The van der Waals surface area contributed by atoms with E-state index in [9.17, 15) is 13.2 Å². The number of aromatic nitrogens is 2. The summed E-state index contributed by atoms with van der Waals surface area (Å²) in [7, 11) is -0.668. The van der Waals surface area contributed by atoms with E-state index in [0.29, 0.717) is 15.6 Å². The lowest BCUT2D eigenvalue weighted by Gasteiger charge is -2.12. The molecule has 4 rings (SSSR count). The van der Waals surface area contributed by atoms with Crippen molar-refractivity contribution >= 4 is 54.8 Å².